The van der Waals surface area contributed by atoms with Crippen LogP contribution in [0.1, 0.15) is 5.56 Å². The second kappa shape index (κ2) is 10.5. The van der Waals surface area contributed by atoms with Crippen molar-refractivity contribution >= 4 is 39.8 Å². The van der Waals surface area contributed by atoms with Crippen LogP contribution in [0.3, 0.4) is 0 Å². The molecule has 2 heterocycles. The van der Waals surface area contributed by atoms with Crippen molar-refractivity contribution in [2.75, 3.05) is 48.8 Å². The lowest BCUT2D eigenvalue weighted by Crippen LogP contribution is -2.44. The molecule has 2 N–H and O–H groups in total. The van der Waals surface area contributed by atoms with Crippen molar-refractivity contribution in [3.63, 3.8) is 0 Å². The van der Waals surface area contributed by atoms with Crippen LogP contribution in [0.25, 0.3) is 22.0 Å². The number of nitrogens with zero attached hydrogens (tertiary/aromatic N) is 5. The summed E-state index contributed by atoms with van der Waals surface area (Å²) in [6.07, 6.45) is 2.94. The first-order chi connectivity index (χ1) is 18.1. The lowest BCUT2D eigenvalue weighted by Gasteiger charge is -2.34. The monoisotopic (exact) mass is 489 g/mol. The first kappa shape index (κ1) is 24.0. The zero-order chi connectivity index (χ0) is 25.8. The van der Waals surface area contributed by atoms with E-state index in [2.05, 4.69) is 57.2 Å². The topological polar surface area (TPSA) is 97.2 Å². The van der Waals surface area contributed by atoms with E-state index < -0.39 is 0 Å². The summed E-state index contributed by atoms with van der Waals surface area (Å²) in [7, 11) is 2.15. The van der Waals surface area contributed by atoms with Crippen LogP contribution in [-0.4, -0.2) is 54.0 Å². The van der Waals surface area contributed by atoms with E-state index in [4.69, 9.17) is 4.98 Å². The summed E-state index contributed by atoms with van der Waals surface area (Å²) in [5.41, 5.74) is 5.04. The molecular formula is C29H27N7O. The predicted octanol–water partition coefficient (Wildman–Crippen LogP) is 4.79. The molecule has 1 aliphatic heterocycles. The predicted molar refractivity (Wildman–Crippen MR) is 148 cm³/mol. The second-order valence-electron chi connectivity index (χ2n) is 8.93. The SMILES string of the molecule is C=CC(=O)Nc1cccc(-c2cccc3cnc(Nc4ccc(N5CCN(C)CC5)cc4)nc23)c1C#N. The number of hydrogen-bond acceptors (Lipinski definition) is 7. The van der Waals surface area contributed by atoms with Crippen LogP contribution in [0.15, 0.2) is 79.5 Å². The average molecular weight is 490 g/mol. The number of carbonyl (C=O) groups is 1. The number of nitriles is 1. The Morgan fingerprint density at radius 2 is 1.76 bits per heavy atom. The zero-order valence-corrected chi connectivity index (χ0v) is 20.6. The lowest BCUT2D eigenvalue weighted by atomic mass is 9.97. The number of aromatic nitrogens is 2. The van der Waals surface area contributed by atoms with Crippen LogP contribution in [0.4, 0.5) is 23.0 Å². The Hall–Kier alpha value is -4.74. The van der Waals surface area contributed by atoms with E-state index in [0.29, 0.717) is 28.3 Å². The molecule has 4 aromatic rings. The van der Waals surface area contributed by atoms with Crippen LogP contribution in [0.2, 0.25) is 0 Å². The number of carbonyl (C=O) groups excluding carboxylic acids is 1. The number of likely N-dealkylation sites (N-methyl/N-ethyl adjacent to an activating group) is 1. The van der Waals surface area contributed by atoms with Gasteiger partial charge in [0.2, 0.25) is 11.9 Å². The van der Waals surface area contributed by atoms with Gasteiger partial charge in [-0.1, -0.05) is 36.9 Å². The molecule has 8 nitrogen and oxygen atoms in total. The van der Waals surface area contributed by atoms with E-state index in [1.54, 1.807) is 18.3 Å². The van der Waals surface area contributed by atoms with Gasteiger partial charge in [-0.2, -0.15) is 5.26 Å². The molecule has 1 aromatic heterocycles. The summed E-state index contributed by atoms with van der Waals surface area (Å²) in [5, 5.41) is 16.8. The molecule has 0 saturated carbocycles. The number of amides is 1. The van der Waals surface area contributed by atoms with Crippen LogP contribution < -0.4 is 15.5 Å². The minimum Gasteiger partial charge on any atom is -0.369 e. The van der Waals surface area contributed by atoms with Crippen LogP contribution in [0, 0.1) is 11.3 Å². The molecule has 37 heavy (non-hydrogen) atoms. The smallest absolute Gasteiger partial charge is 0.247 e. The average Bonchev–Trinajstić information content (AvgIpc) is 2.93. The second-order valence-corrected chi connectivity index (χ2v) is 8.93. The maximum Gasteiger partial charge on any atom is 0.247 e. The number of rotatable bonds is 6. The normalized spacial score (nSPS) is 13.7. The van der Waals surface area contributed by atoms with Crippen molar-refractivity contribution in [3.05, 3.63) is 85.1 Å². The molecule has 1 saturated heterocycles. The molecule has 1 aliphatic rings. The maximum absolute atomic E-state index is 11.9. The van der Waals surface area contributed by atoms with Crippen molar-refractivity contribution in [1.29, 1.82) is 5.26 Å². The third-order valence-electron chi connectivity index (χ3n) is 6.51. The van der Waals surface area contributed by atoms with Crippen molar-refractivity contribution in [2.24, 2.45) is 0 Å². The highest BCUT2D eigenvalue weighted by Crippen LogP contribution is 2.33. The molecule has 0 spiro atoms. The Kier molecular flexibility index (Phi) is 6.79. The van der Waals surface area contributed by atoms with Crippen LogP contribution >= 0.6 is 0 Å². The summed E-state index contributed by atoms with van der Waals surface area (Å²) in [4.78, 5) is 25.9. The molecule has 5 rings (SSSR count). The molecule has 184 valence electrons. The van der Waals surface area contributed by atoms with Crippen LogP contribution in [-0.2, 0) is 4.79 Å². The number of nitrogens with one attached hydrogen (secondary N) is 2. The van der Waals surface area contributed by atoms with Crippen molar-refractivity contribution in [2.45, 2.75) is 0 Å². The van der Waals surface area contributed by atoms with E-state index in [0.717, 1.165) is 42.8 Å². The number of anilines is 4. The Balaban J connectivity index is 1.45. The number of hydrogen-bond donors (Lipinski definition) is 2. The number of para-hydroxylation sites is 1. The summed E-state index contributed by atoms with van der Waals surface area (Å²) in [6.45, 7) is 7.64. The summed E-state index contributed by atoms with van der Waals surface area (Å²) >= 11 is 0. The van der Waals surface area contributed by atoms with E-state index >= 15 is 0 Å². The van der Waals surface area contributed by atoms with Gasteiger partial charge in [0, 0.05) is 60.3 Å². The molecule has 0 unspecified atom stereocenters. The highest BCUT2D eigenvalue weighted by Gasteiger charge is 2.16. The Labute approximate surface area is 215 Å². The van der Waals surface area contributed by atoms with E-state index in [1.807, 2.05) is 36.4 Å². The number of piperazine rings is 1. The molecular weight excluding hydrogens is 462 g/mol. The minimum absolute atomic E-state index is 0.359. The molecule has 0 bridgehead atoms. The Morgan fingerprint density at radius 1 is 1.03 bits per heavy atom. The molecule has 8 heteroatoms. The first-order valence-corrected chi connectivity index (χ1v) is 12.1. The van der Waals surface area contributed by atoms with Crippen molar-refractivity contribution in [1.82, 2.24) is 14.9 Å². The maximum atomic E-state index is 11.9. The molecule has 1 amide bonds. The molecule has 0 atom stereocenters. The Bertz CT molecular complexity index is 1500. The van der Waals surface area contributed by atoms with Gasteiger partial charge in [0.05, 0.1) is 16.8 Å². The number of benzene rings is 3. The first-order valence-electron chi connectivity index (χ1n) is 12.1. The van der Waals surface area contributed by atoms with Gasteiger partial charge in [0.1, 0.15) is 6.07 Å². The van der Waals surface area contributed by atoms with E-state index in [-0.39, 0.29) is 5.91 Å². The largest absolute Gasteiger partial charge is 0.369 e. The summed E-state index contributed by atoms with van der Waals surface area (Å²) in [5.74, 6) is 0.0842. The van der Waals surface area contributed by atoms with E-state index in [1.165, 1.54) is 11.8 Å². The van der Waals surface area contributed by atoms with Crippen molar-refractivity contribution < 1.29 is 4.79 Å². The van der Waals surface area contributed by atoms with Gasteiger partial charge in [-0.15, -0.1) is 0 Å². The van der Waals surface area contributed by atoms with Gasteiger partial charge in [0.15, 0.2) is 0 Å². The quantitative estimate of drug-likeness (QED) is 0.376. The van der Waals surface area contributed by atoms with E-state index in [9.17, 15) is 10.1 Å². The van der Waals surface area contributed by atoms with Gasteiger partial charge in [0.25, 0.3) is 0 Å². The van der Waals surface area contributed by atoms with Gasteiger partial charge >= 0.3 is 0 Å². The fourth-order valence-electron chi connectivity index (χ4n) is 4.47. The highest BCUT2D eigenvalue weighted by molar-refractivity contribution is 6.02. The number of fused-ring (bicyclic) bond motifs is 1. The standard InChI is InChI=1S/C29H27N7O/c1-3-27(37)33-26-9-5-7-23(25(26)18-30)24-8-4-6-20-19-31-29(34-28(20)24)32-21-10-12-22(13-11-21)36-16-14-35(2)15-17-36/h3-13,19H,1,14-17H2,2H3,(H,33,37)(H,31,32,34). The minimum atomic E-state index is -0.376. The van der Waals surface area contributed by atoms with Gasteiger partial charge in [-0.25, -0.2) is 9.97 Å². The van der Waals surface area contributed by atoms with Crippen molar-refractivity contribution in [3.8, 4) is 17.2 Å². The lowest BCUT2D eigenvalue weighted by molar-refractivity contribution is -0.111. The van der Waals surface area contributed by atoms with Crippen LogP contribution in [0.5, 0.6) is 0 Å². The summed E-state index contributed by atoms with van der Waals surface area (Å²) < 4.78 is 0. The fourth-order valence-corrected chi connectivity index (χ4v) is 4.47. The summed E-state index contributed by atoms with van der Waals surface area (Å²) in [6, 6.07) is 21.6. The molecule has 0 radical (unpaired) electrons. The third-order valence-corrected chi connectivity index (χ3v) is 6.51. The molecule has 0 aliphatic carbocycles. The Morgan fingerprint density at radius 3 is 2.49 bits per heavy atom. The molecule has 3 aromatic carbocycles. The molecule has 1 fully saturated rings. The third kappa shape index (κ3) is 5.13. The zero-order valence-electron chi connectivity index (χ0n) is 20.6. The highest BCUT2D eigenvalue weighted by atomic mass is 16.1. The fraction of sp³-hybridized carbons (Fsp3) is 0.172. The van der Waals surface area contributed by atoms with Gasteiger partial charge in [-0.05, 0) is 43.5 Å². The van der Waals surface area contributed by atoms with Gasteiger partial charge in [-0.3, -0.25) is 4.79 Å². The van der Waals surface area contributed by atoms with Gasteiger partial charge < -0.3 is 20.4 Å².